The summed E-state index contributed by atoms with van der Waals surface area (Å²) < 4.78 is 25.0. The van der Waals surface area contributed by atoms with E-state index in [1.807, 2.05) is 31.1 Å². The van der Waals surface area contributed by atoms with Crippen molar-refractivity contribution in [3.8, 4) is 0 Å². The Morgan fingerprint density at radius 2 is 1.73 bits per heavy atom. The van der Waals surface area contributed by atoms with Crippen LogP contribution in [0.25, 0.3) is 0 Å². The zero-order chi connectivity index (χ0) is 11.5. The SMILES string of the molecule is CCS(=O)(=O)Nc1ccc(N(C)C)cc1. The van der Waals surface area contributed by atoms with E-state index in [0.29, 0.717) is 5.69 Å². The number of nitrogens with one attached hydrogen (secondary N) is 1. The van der Waals surface area contributed by atoms with Crippen LogP contribution in [0.5, 0.6) is 0 Å². The summed E-state index contributed by atoms with van der Waals surface area (Å²) in [6.45, 7) is 1.61. The van der Waals surface area contributed by atoms with Crippen LogP contribution < -0.4 is 9.62 Å². The van der Waals surface area contributed by atoms with Gasteiger partial charge in [-0.25, -0.2) is 8.42 Å². The molecule has 0 radical (unpaired) electrons. The zero-order valence-corrected chi connectivity index (χ0v) is 10.0. The van der Waals surface area contributed by atoms with E-state index >= 15 is 0 Å². The first-order valence-corrected chi connectivity index (χ1v) is 6.37. The van der Waals surface area contributed by atoms with Crippen molar-refractivity contribution in [1.82, 2.24) is 0 Å². The van der Waals surface area contributed by atoms with E-state index in [9.17, 15) is 8.42 Å². The molecule has 0 aromatic heterocycles. The lowest BCUT2D eigenvalue weighted by Crippen LogP contribution is -2.14. The Balaban J connectivity index is 2.82. The second kappa shape index (κ2) is 4.53. The highest BCUT2D eigenvalue weighted by Crippen LogP contribution is 2.16. The molecule has 1 rings (SSSR count). The zero-order valence-electron chi connectivity index (χ0n) is 9.19. The molecule has 0 saturated heterocycles. The molecule has 5 heteroatoms. The van der Waals surface area contributed by atoms with Gasteiger partial charge in [0.2, 0.25) is 10.0 Å². The number of benzene rings is 1. The summed E-state index contributed by atoms with van der Waals surface area (Å²) in [6, 6.07) is 7.24. The number of rotatable bonds is 4. The van der Waals surface area contributed by atoms with Crippen LogP contribution >= 0.6 is 0 Å². The minimum atomic E-state index is -3.17. The number of sulfonamides is 1. The summed E-state index contributed by atoms with van der Waals surface area (Å²) in [6.07, 6.45) is 0. The molecule has 0 aliphatic rings. The Morgan fingerprint density at radius 1 is 1.20 bits per heavy atom. The van der Waals surface area contributed by atoms with E-state index in [1.54, 1.807) is 19.1 Å². The van der Waals surface area contributed by atoms with Gasteiger partial charge in [-0.1, -0.05) is 0 Å². The lowest BCUT2D eigenvalue weighted by molar-refractivity contribution is 0.602. The van der Waals surface area contributed by atoms with Gasteiger partial charge < -0.3 is 4.90 Å². The second-order valence-corrected chi connectivity index (χ2v) is 5.46. The molecule has 0 amide bonds. The van der Waals surface area contributed by atoms with Crippen LogP contribution in [0.2, 0.25) is 0 Å². The third kappa shape index (κ3) is 3.43. The smallest absolute Gasteiger partial charge is 0.232 e. The molecule has 0 saturated carbocycles. The normalized spacial score (nSPS) is 11.1. The van der Waals surface area contributed by atoms with Crippen molar-refractivity contribution >= 4 is 21.4 Å². The Morgan fingerprint density at radius 3 is 2.13 bits per heavy atom. The quantitative estimate of drug-likeness (QED) is 0.850. The van der Waals surface area contributed by atoms with Gasteiger partial charge in [0.25, 0.3) is 0 Å². The fourth-order valence-electron chi connectivity index (χ4n) is 1.08. The molecule has 4 nitrogen and oxygen atoms in total. The third-order valence-corrected chi connectivity index (χ3v) is 3.34. The topological polar surface area (TPSA) is 49.4 Å². The molecule has 1 aromatic carbocycles. The first kappa shape index (κ1) is 11.8. The maximum atomic E-state index is 11.3. The lowest BCUT2D eigenvalue weighted by Gasteiger charge is -2.13. The molecule has 15 heavy (non-hydrogen) atoms. The van der Waals surface area contributed by atoms with Crippen LogP contribution in [-0.4, -0.2) is 28.3 Å². The van der Waals surface area contributed by atoms with E-state index < -0.39 is 10.0 Å². The van der Waals surface area contributed by atoms with E-state index in [2.05, 4.69) is 4.72 Å². The van der Waals surface area contributed by atoms with Gasteiger partial charge in [-0.15, -0.1) is 0 Å². The van der Waals surface area contributed by atoms with E-state index in [-0.39, 0.29) is 5.75 Å². The molecule has 1 aromatic rings. The Kier molecular flexibility index (Phi) is 3.57. The van der Waals surface area contributed by atoms with Crippen LogP contribution in [-0.2, 0) is 10.0 Å². The average Bonchev–Trinajstić information content (AvgIpc) is 2.18. The molecule has 0 atom stereocenters. The van der Waals surface area contributed by atoms with E-state index in [0.717, 1.165) is 5.69 Å². The Hall–Kier alpha value is -1.23. The molecular formula is C10H16N2O2S. The minimum absolute atomic E-state index is 0.0857. The van der Waals surface area contributed by atoms with Crippen LogP contribution in [0.3, 0.4) is 0 Å². The molecule has 84 valence electrons. The lowest BCUT2D eigenvalue weighted by atomic mass is 10.3. The largest absolute Gasteiger partial charge is 0.378 e. The van der Waals surface area contributed by atoms with Crippen molar-refractivity contribution < 1.29 is 8.42 Å². The van der Waals surface area contributed by atoms with Crippen molar-refractivity contribution in [3.05, 3.63) is 24.3 Å². The van der Waals surface area contributed by atoms with Crippen LogP contribution in [0.1, 0.15) is 6.92 Å². The average molecular weight is 228 g/mol. The van der Waals surface area contributed by atoms with Gasteiger partial charge in [-0.3, -0.25) is 4.72 Å². The maximum Gasteiger partial charge on any atom is 0.232 e. The molecule has 1 N–H and O–H groups in total. The van der Waals surface area contributed by atoms with Crippen LogP contribution in [0.4, 0.5) is 11.4 Å². The summed E-state index contributed by atoms with van der Waals surface area (Å²) in [7, 11) is 0.702. The molecule has 0 aliphatic heterocycles. The number of hydrogen-bond donors (Lipinski definition) is 1. The Labute approximate surface area is 91.0 Å². The standard InChI is InChI=1S/C10H16N2O2S/c1-4-15(13,14)11-9-5-7-10(8-6-9)12(2)3/h5-8,11H,4H2,1-3H3. The van der Waals surface area contributed by atoms with Crippen molar-refractivity contribution in [2.24, 2.45) is 0 Å². The second-order valence-electron chi connectivity index (χ2n) is 3.45. The highest BCUT2D eigenvalue weighted by Gasteiger charge is 2.06. The van der Waals surface area contributed by atoms with Crippen molar-refractivity contribution in [2.45, 2.75) is 6.92 Å². The van der Waals surface area contributed by atoms with Crippen LogP contribution in [0, 0.1) is 0 Å². The van der Waals surface area contributed by atoms with E-state index in [4.69, 9.17) is 0 Å². The van der Waals surface area contributed by atoms with Gasteiger partial charge >= 0.3 is 0 Å². The molecular weight excluding hydrogens is 212 g/mol. The molecule has 0 aliphatic carbocycles. The van der Waals surface area contributed by atoms with Crippen molar-refractivity contribution in [2.75, 3.05) is 29.5 Å². The maximum absolute atomic E-state index is 11.3. The van der Waals surface area contributed by atoms with Gasteiger partial charge in [0.1, 0.15) is 0 Å². The third-order valence-electron chi connectivity index (χ3n) is 2.04. The highest BCUT2D eigenvalue weighted by atomic mass is 32.2. The van der Waals surface area contributed by atoms with E-state index in [1.165, 1.54) is 0 Å². The molecule has 0 unspecified atom stereocenters. The predicted molar refractivity (Wildman–Crippen MR) is 63.9 cm³/mol. The first-order chi connectivity index (χ1) is 6.94. The number of hydrogen-bond acceptors (Lipinski definition) is 3. The first-order valence-electron chi connectivity index (χ1n) is 4.72. The van der Waals surface area contributed by atoms with Crippen molar-refractivity contribution in [3.63, 3.8) is 0 Å². The minimum Gasteiger partial charge on any atom is -0.378 e. The van der Waals surface area contributed by atoms with Gasteiger partial charge in [0, 0.05) is 25.5 Å². The molecule has 0 fully saturated rings. The Bertz CT molecular complexity index is 410. The fourth-order valence-corrected chi connectivity index (χ4v) is 1.72. The number of anilines is 2. The summed E-state index contributed by atoms with van der Waals surface area (Å²) >= 11 is 0. The monoisotopic (exact) mass is 228 g/mol. The van der Waals surface area contributed by atoms with Crippen molar-refractivity contribution in [1.29, 1.82) is 0 Å². The highest BCUT2D eigenvalue weighted by molar-refractivity contribution is 7.92. The van der Waals surface area contributed by atoms with Gasteiger partial charge in [0.05, 0.1) is 5.75 Å². The fraction of sp³-hybridized carbons (Fsp3) is 0.400. The van der Waals surface area contributed by atoms with Gasteiger partial charge in [-0.05, 0) is 31.2 Å². The summed E-state index contributed by atoms with van der Waals surface area (Å²) in [5, 5.41) is 0. The summed E-state index contributed by atoms with van der Waals surface area (Å²) in [5.74, 6) is 0.0857. The summed E-state index contributed by atoms with van der Waals surface area (Å²) in [4.78, 5) is 1.96. The van der Waals surface area contributed by atoms with Gasteiger partial charge in [-0.2, -0.15) is 0 Å². The molecule has 0 heterocycles. The number of nitrogens with zero attached hydrogens (tertiary/aromatic N) is 1. The summed E-state index contributed by atoms with van der Waals surface area (Å²) in [5.41, 5.74) is 1.64. The van der Waals surface area contributed by atoms with Gasteiger partial charge in [0.15, 0.2) is 0 Å². The van der Waals surface area contributed by atoms with Crippen LogP contribution in [0.15, 0.2) is 24.3 Å². The molecule has 0 spiro atoms. The predicted octanol–water partition coefficient (Wildman–Crippen LogP) is 1.51. The molecule has 0 bridgehead atoms.